The van der Waals surface area contributed by atoms with E-state index in [4.69, 9.17) is 18.5 Å². The van der Waals surface area contributed by atoms with Crippen molar-refractivity contribution in [3.05, 3.63) is 48.6 Å². The molecule has 0 aliphatic heterocycles. The second-order valence-corrected chi connectivity index (χ2v) is 25.0. The van der Waals surface area contributed by atoms with Crippen LogP contribution in [0.5, 0.6) is 0 Å². The smallest absolute Gasteiger partial charge is 0.462 e. The predicted molar refractivity (Wildman–Crippen MR) is 330 cm³/mol. The van der Waals surface area contributed by atoms with Crippen molar-refractivity contribution in [3.63, 3.8) is 0 Å². The fraction of sp³-hybridized carbons (Fsp3) is 0.851. The Labute approximate surface area is 477 Å². The molecule has 0 aliphatic rings. The van der Waals surface area contributed by atoms with E-state index in [1.165, 1.54) is 218 Å². The van der Waals surface area contributed by atoms with Crippen LogP contribution in [0.15, 0.2) is 48.6 Å². The number of phosphoric ester groups is 1. The highest BCUT2D eigenvalue weighted by Crippen LogP contribution is 2.43. The number of unbranched alkanes of at least 4 members (excludes halogenated alkanes) is 39. The number of hydrogen-bond donors (Lipinski definition) is 1. The highest BCUT2D eigenvalue weighted by Gasteiger charge is 2.27. The topological polar surface area (TPSA) is 108 Å². The fourth-order valence-electron chi connectivity index (χ4n) is 9.49. The molecule has 0 aliphatic carbocycles. The van der Waals surface area contributed by atoms with E-state index in [0.717, 1.165) is 64.2 Å². The van der Waals surface area contributed by atoms with Crippen molar-refractivity contribution in [1.29, 1.82) is 0 Å². The van der Waals surface area contributed by atoms with Crippen molar-refractivity contribution in [2.45, 2.75) is 322 Å². The first-order chi connectivity index (χ1) is 37.5. The van der Waals surface area contributed by atoms with E-state index >= 15 is 0 Å². The van der Waals surface area contributed by atoms with Gasteiger partial charge in [-0.2, -0.15) is 0 Å². The number of hydrogen-bond acceptors (Lipinski definition) is 7. The fourth-order valence-corrected chi connectivity index (χ4v) is 10.2. The van der Waals surface area contributed by atoms with Crippen molar-refractivity contribution >= 4 is 19.8 Å². The average molecular weight is 1110 g/mol. The maximum absolute atomic E-state index is 12.8. The van der Waals surface area contributed by atoms with Gasteiger partial charge >= 0.3 is 19.8 Å². The number of quaternary nitrogens is 1. The molecule has 0 aromatic heterocycles. The molecule has 0 saturated carbocycles. The Bertz CT molecular complexity index is 1440. The van der Waals surface area contributed by atoms with E-state index < -0.39 is 26.5 Å². The molecular weight excluding hydrogens is 978 g/mol. The normalized spacial score (nSPS) is 13.5. The number of ether oxygens (including phenoxy) is 2. The zero-order valence-electron chi connectivity index (χ0n) is 51.5. The monoisotopic (exact) mass is 1100 g/mol. The number of carbonyl (C=O) groups is 2. The zero-order chi connectivity index (χ0) is 56.3. The van der Waals surface area contributed by atoms with Gasteiger partial charge in [0.25, 0.3) is 0 Å². The molecule has 0 rings (SSSR count). The van der Waals surface area contributed by atoms with Gasteiger partial charge in [0.1, 0.15) is 19.8 Å². The van der Waals surface area contributed by atoms with Crippen LogP contribution in [0, 0.1) is 0 Å². The maximum Gasteiger partial charge on any atom is 0.472 e. The molecule has 0 aromatic carbocycles. The van der Waals surface area contributed by atoms with E-state index in [0.29, 0.717) is 17.4 Å². The van der Waals surface area contributed by atoms with Gasteiger partial charge in [0.2, 0.25) is 0 Å². The molecule has 0 radical (unpaired) electrons. The third kappa shape index (κ3) is 63.0. The molecule has 0 bridgehead atoms. The van der Waals surface area contributed by atoms with Crippen molar-refractivity contribution < 1.29 is 42.1 Å². The van der Waals surface area contributed by atoms with Gasteiger partial charge in [-0.05, 0) is 77.0 Å². The van der Waals surface area contributed by atoms with Crippen LogP contribution >= 0.6 is 7.82 Å². The van der Waals surface area contributed by atoms with Gasteiger partial charge in [-0.25, -0.2) is 4.57 Å². The molecule has 0 saturated heterocycles. The van der Waals surface area contributed by atoms with Gasteiger partial charge in [-0.3, -0.25) is 18.6 Å². The standard InChI is InChI=1S/C67H126NO8P/c1-6-8-10-12-14-16-18-20-22-24-25-26-27-28-29-30-31-32-33-34-35-36-37-38-39-40-41-42-43-44-46-48-50-52-54-56-58-60-67(70)76-65(64-75-77(71,72)74-62-61-68(3,4)5)63-73-66(69)59-57-55-53-51-49-47-45-23-21-19-17-15-13-11-9-7-2/h18,20,23-25,27-28,45,65H,6-17,19,21-22,26,29-44,46-64H2,1-5H3/p+1/b20-18-,25-24-,28-27-,45-23-. The molecule has 2 atom stereocenters. The van der Waals surface area contributed by atoms with Gasteiger partial charge in [-0.1, -0.05) is 274 Å². The lowest BCUT2D eigenvalue weighted by molar-refractivity contribution is -0.870. The minimum Gasteiger partial charge on any atom is -0.462 e. The second-order valence-electron chi connectivity index (χ2n) is 23.5. The largest absolute Gasteiger partial charge is 0.472 e. The summed E-state index contributed by atoms with van der Waals surface area (Å²) in [6, 6.07) is 0. The molecule has 2 unspecified atom stereocenters. The summed E-state index contributed by atoms with van der Waals surface area (Å²) in [5.74, 6) is -0.793. The van der Waals surface area contributed by atoms with Crippen LogP contribution in [0.3, 0.4) is 0 Å². The molecule has 0 aromatic rings. The number of likely N-dealkylation sites (N-methyl/N-ethyl adjacent to an activating group) is 1. The van der Waals surface area contributed by atoms with E-state index in [-0.39, 0.29) is 32.0 Å². The van der Waals surface area contributed by atoms with Crippen LogP contribution < -0.4 is 0 Å². The highest BCUT2D eigenvalue weighted by atomic mass is 31.2. The van der Waals surface area contributed by atoms with E-state index in [2.05, 4.69) is 62.5 Å². The van der Waals surface area contributed by atoms with E-state index in [9.17, 15) is 19.0 Å². The summed E-state index contributed by atoms with van der Waals surface area (Å²) in [6.45, 7) is 4.45. The molecule has 452 valence electrons. The van der Waals surface area contributed by atoms with Gasteiger partial charge < -0.3 is 18.9 Å². The Morgan fingerprint density at radius 3 is 1.05 bits per heavy atom. The van der Waals surface area contributed by atoms with Crippen LogP contribution in [0.4, 0.5) is 0 Å². The number of esters is 2. The van der Waals surface area contributed by atoms with Crippen molar-refractivity contribution in [3.8, 4) is 0 Å². The summed E-state index contributed by atoms with van der Waals surface area (Å²) in [5.41, 5.74) is 0. The van der Waals surface area contributed by atoms with Crippen LogP contribution in [0.1, 0.15) is 316 Å². The molecule has 0 heterocycles. The first kappa shape index (κ1) is 75.0. The molecule has 77 heavy (non-hydrogen) atoms. The number of nitrogens with zero attached hydrogens (tertiary/aromatic N) is 1. The van der Waals surface area contributed by atoms with E-state index in [1.807, 2.05) is 21.1 Å². The lowest BCUT2D eigenvalue weighted by Crippen LogP contribution is -2.37. The maximum atomic E-state index is 12.8. The summed E-state index contributed by atoms with van der Waals surface area (Å²) >= 11 is 0. The van der Waals surface area contributed by atoms with Gasteiger partial charge in [0.05, 0.1) is 27.7 Å². The average Bonchev–Trinajstić information content (AvgIpc) is 3.39. The first-order valence-corrected chi connectivity index (χ1v) is 34.4. The molecule has 0 fully saturated rings. The zero-order valence-corrected chi connectivity index (χ0v) is 52.4. The predicted octanol–water partition coefficient (Wildman–Crippen LogP) is 20.9. The molecule has 1 N–H and O–H groups in total. The summed E-state index contributed by atoms with van der Waals surface area (Å²) < 4.78 is 34.6. The van der Waals surface area contributed by atoms with Gasteiger partial charge in [0, 0.05) is 12.8 Å². The Balaban J connectivity index is 3.95. The summed E-state index contributed by atoms with van der Waals surface area (Å²) in [6.07, 6.45) is 75.0. The third-order valence-electron chi connectivity index (χ3n) is 14.6. The number of rotatable bonds is 61. The summed E-state index contributed by atoms with van der Waals surface area (Å²) in [5, 5.41) is 0. The van der Waals surface area contributed by atoms with Crippen LogP contribution in [0.2, 0.25) is 0 Å². The molecule has 0 amide bonds. The number of allylic oxidation sites excluding steroid dienone is 8. The number of carbonyl (C=O) groups excluding carboxylic acids is 2. The van der Waals surface area contributed by atoms with Gasteiger partial charge in [0.15, 0.2) is 6.10 Å². The number of phosphoric acid groups is 1. The quantitative estimate of drug-likeness (QED) is 0.0211. The summed E-state index contributed by atoms with van der Waals surface area (Å²) in [4.78, 5) is 35.7. The molecule has 0 spiro atoms. The minimum atomic E-state index is -4.39. The lowest BCUT2D eigenvalue weighted by Gasteiger charge is -2.24. The Hall–Kier alpha value is -2.03. The lowest BCUT2D eigenvalue weighted by atomic mass is 10.0. The summed E-state index contributed by atoms with van der Waals surface area (Å²) in [7, 11) is 1.49. The van der Waals surface area contributed by atoms with Gasteiger partial charge in [-0.15, -0.1) is 0 Å². The first-order valence-electron chi connectivity index (χ1n) is 32.9. The molecule has 10 heteroatoms. The van der Waals surface area contributed by atoms with E-state index in [1.54, 1.807) is 0 Å². The third-order valence-corrected chi connectivity index (χ3v) is 15.6. The Kier molecular flexibility index (Phi) is 57.1. The van der Waals surface area contributed by atoms with Crippen molar-refractivity contribution in [2.24, 2.45) is 0 Å². The Morgan fingerprint density at radius 1 is 0.403 bits per heavy atom. The van der Waals surface area contributed by atoms with Crippen LogP contribution in [-0.2, 0) is 32.7 Å². The van der Waals surface area contributed by atoms with Crippen LogP contribution in [0.25, 0.3) is 0 Å². The SMILES string of the molecule is CCCCCCC/C=C\C/C=C\C/C=C\CCCCCCCCCCCCCCCCCCCCCCCCC(=O)OC(COC(=O)CCCCCCC/C=C\CCCCCCCCC)COP(=O)(O)OCC[N+](C)(C)C. The second kappa shape index (κ2) is 58.6. The molecule has 9 nitrogen and oxygen atoms in total. The minimum absolute atomic E-state index is 0.0319. The van der Waals surface area contributed by atoms with Crippen molar-refractivity contribution in [1.82, 2.24) is 0 Å². The van der Waals surface area contributed by atoms with Crippen molar-refractivity contribution in [2.75, 3.05) is 47.5 Å². The van der Waals surface area contributed by atoms with Crippen LogP contribution in [-0.4, -0.2) is 74.9 Å². The molecular formula is C67H127NO8P+. The Morgan fingerprint density at radius 2 is 0.701 bits per heavy atom. The highest BCUT2D eigenvalue weighted by molar-refractivity contribution is 7.47.